The highest BCUT2D eigenvalue weighted by molar-refractivity contribution is 6.06. The molecule has 134 valence electrons. The highest BCUT2D eigenvalue weighted by Crippen LogP contribution is 2.28. The van der Waals surface area contributed by atoms with E-state index >= 15 is 0 Å². The summed E-state index contributed by atoms with van der Waals surface area (Å²) < 4.78 is 0. The summed E-state index contributed by atoms with van der Waals surface area (Å²) in [5.41, 5.74) is 12.2. The minimum atomic E-state index is -0.00886. The van der Waals surface area contributed by atoms with Crippen molar-refractivity contribution in [3.05, 3.63) is 53.2 Å². The van der Waals surface area contributed by atoms with Crippen molar-refractivity contribution in [1.82, 2.24) is 15.1 Å². The molecule has 1 aliphatic heterocycles. The SMILES string of the molecule is CCc1cc(CN2CCCC2)cc(-c2ccc3[nH]nc(C(=N)N)c3c2)c1. The number of rotatable bonds is 5. The third kappa shape index (κ3) is 3.22. The zero-order valence-electron chi connectivity index (χ0n) is 15.2. The number of amidine groups is 1. The fourth-order valence-electron chi connectivity index (χ4n) is 3.82. The predicted octanol–water partition coefficient (Wildman–Crippen LogP) is 3.67. The number of benzene rings is 2. The first-order chi connectivity index (χ1) is 12.6. The van der Waals surface area contributed by atoms with Gasteiger partial charge in [0.2, 0.25) is 0 Å². The molecule has 2 heterocycles. The van der Waals surface area contributed by atoms with Crippen molar-refractivity contribution in [2.45, 2.75) is 32.7 Å². The maximum Gasteiger partial charge on any atom is 0.144 e. The van der Waals surface area contributed by atoms with Crippen LogP contribution in [0.25, 0.3) is 22.0 Å². The topological polar surface area (TPSA) is 81.8 Å². The lowest BCUT2D eigenvalue weighted by atomic mass is 9.97. The lowest BCUT2D eigenvalue weighted by molar-refractivity contribution is 0.331. The molecule has 26 heavy (non-hydrogen) atoms. The lowest BCUT2D eigenvalue weighted by Crippen LogP contribution is -2.18. The van der Waals surface area contributed by atoms with Crippen LogP contribution in [0.3, 0.4) is 0 Å². The Morgan fingerprint density at radius 3 is 2.62 bits per heavy atom. The summed E-state index contributed by atoms with van der Waals surface area (Å²) in [6, 6.07) is 13.1. The molecule has 0 atom stereocenters. The second-order valence-electron chi connectivity index (χ2n) is 7.12. The molecule has 0 radical (unpaired) electrons. The Labute approximate surface area is 153 Å². The summed E-state index contributed by atoms with van der Waals surface area (Å²) >= 11 is 0. The molecule has 4 N–H and O–H groups in total. The summed E-state index contributed by atoms with van der Waals surface area (Å²) in [6.07, 6.45) is 3.64. The van der Waals surface area contributed by atoms with Crippen molar-refractivity contribution in [3.8, 4) is 11.1 Å². The molecule has 2 aromatic carbocycles. The van der Waals surface area contributed by atoms with Crippen LogP contribution in [0.5, 0.6) is 0 Å². The molecule has 5 heteroatoms. The highest BCUT2D eigenvalue weighted by atomic mass is 15.1. The van der Waals surface area contributed by atoms with E-state index in [-0.39, 0.29) is 5.84 Å². The van der Waals surface area contributed by atoms with E-state index in [2.05, 4.69) is 52.4 Å². The molecular formula is C21H25N5. The first-order valence-corrected chi connectivity index (χ1v) is 9.32. The molecule has 0 spiro atoms. The number of likely N-dealkylation sites (tertiary alicyclic amines) is 1. The largest absolute Gasteiger partial charge is 0.382 e. The van der Waals surface area contributed by atoms with Gasteiger partial charge in [-0.05, 0) is 72.8 Å². The average Bonchev–Trinajstić information content (AvgIpc) is 3.30. The minimum Gasteiger partial charge on any atom is -0.382 e. The fraction of sp³-hybridized carbons (Fsp3) is 0.333. The number of aryl methyl sites for hydroxylation is 1. The summed E-state index contributed by atoms with van der Waals surface area (Å²) in [6.45, 7) is 5.63. The molecular weight excluding hydrogens is 322 g/mol. The Morgan fingerprint density at radius 1 is 1.12 bits per heavy atom. The van der Waals surface area contributed by atoms with Gasteiger partial charge in [-0.25, -0.2) is 0 Å². The maximum absolute atomic E-state index is 7.72. The number of aromatic nitrogens is 2. The molecule has 0 aliphatic carbocycles. The fourth-order valence-corrected chi connectivity index (χ4v) is 3.82. The number of nitrogen functional groups attached to an aromatic ring is 1. The van der Waals surface area contributed by atoms with Crippen LogP contribution in [0.2, 0.25) is 0 Å². The number of hydrogen-bond acceptors (Lipinski definition) is 3. The Balaban J connectivity index is 1.74. The van der Waals surface area contributed by atoms with E-state index in [9.17, 15) is 0 Å². The van der Waals surface area contributed by atoms with Crippen LogP contribution in [0.4, 0.5) is 0 Å². The maximum atomic E-state index is 7.72. The van der Waals surface area contributed by atoms with E-state index < -0.39 is 0 Å². The average molecular weight is 347 g/mol. The van der Waals surface area contributed by atoms with Crippen molar-refractivity contribution in [1.29, 1.82) is 5.41 Å². The molecule has 1 aromatic heterocycles. The summed E-state index contributed by atoms with van der Waals surface area (Å²) in [5, 5.41) is 15.7. The van der Waals surface area contributed by atoms with Crippen LogP contribution in [0, 0.1) is 5.41 Å². The van der Waals surface area contributed by atoms with E-state index in [1.807, 2.05) is 6.07 Å². The molecule has 0 saturated carbocycles. The van der Waals surface area contributed by atoms with Crippen LogP contribution >= 0.6 is 0 Å². The van der Waals surface area contributed by atoms with Crippen molar-refractivity contribution in [3.63, 3.8) is 0 Å². The van der Waals surface area contributed by atoms with Gasteiger partial charge in [-0.3, -0.25) is 15.4 Å². The predicted molar refractivity (Wildman–Crippen MR) is 106 cm³/mol. The van der Waals surface area contributed by atoms with Gasteiger partial charge in [0.25, 0.3) is 0 Å². The number of H-pyrrole nitrogens is 1. The molecule has 5 nitrogen and oxygen atoms in total. The van der Waals surface area contributed by atoms with E-state index in [4.69, 9.17) is 11.1 Å². The molecule has 1 saturated heterocycles. The summed E-state index contributed by atoms with van der Waals surface area (Å²) in [7, 11) is 0. The Kier molecular flexibility index (Phi) is 4.47. The molecule has 1 aliphatic rings. The molecule has 0 amide bonds. The van der Waals surface area contributed by atoms with Gasteiger partial charge in [-0.2, -0.15) is 5.10 Å². The Bertz CT molecular complexity index is 950. The third-order valence-electron chi connectivity index (χ3n) is 5.22. The second kappa shape index (κ2) is 6.92. The number of fused-ring (bicyclic) bond motifs is 1. The molecule has 4 rings (SSSR count). The van der Waals surface area contributed by atoms with Gasteiger partial charge >= 0.3 is 0 Å². The molecule has 1 fully saturated rings. The standard InChI is InChI=1S/C21H25N5/c1-2-14-9-15(13-26-7-3-4-8-26)11-17(10-14)16-5-6-19-18(12-16)20(21(22)23)25-24-19/h5-6,9-12H,2-4,7-8,13H2,1H3,(H3,22,23)(H,24,25). The van der Waals surface area contributed by atoms with Crippen molar-refractivity contribution >= 4 is 16.7 Å². The zero-order chi connectivity index (χ0) is 18.1. The van der Waals surface area contributed by atoms with Crippen LogP contribution < -0.4 is 5.73 Å². The quantitative estimate of drug-likeness (QED) is 0.486. The Hall–Kier alpha value is -2.66. The first kappa shape index (κ1) is 16.8. The Morgan fingerprint density at radius 2 is 1.88 bits per heavy atom. The minimum absolute atomic E-state index is 0.00886. The van der Waals surface area contributed by atoms with E-state index in [0.717, 1.165) is 29.4 Å². The smallest absolute Gasteiger partial charge is 0.144 e. The normalized spacial score (nSPS) is 15.0. The van der Waals surface area contributed by atoms with Crippen molar-refractivity contribution < 1.29 is 0 Å². The summed E-state index contributed by atoms with van der Waals surface area (Å²) in [5.74, 6) is -0.00886. The van der Waals surface area contributed by atoms with Crippen LogP contribution in [0.1, 0.15) is 36.6 Å². The number of nitrogens with two attached hydrogens (primary N) is 1. The van der Waals surface area contributed by atoms with E-state index in [1.165, 1.54) is 42.6 Å². The van der Waals surface area contributed by atoms with Crippen LogP contribution in [-0.4, -0.2) is 34.0 Å². The molecule has 3 aromatic rings. The van der Waals surface area contributed by atoms with Gasteiger partial charge in [0, 0.05) is 11.9 Å². The number of aromatic amines is 1. The van der Waals surface area contributed by atoms with Gasteiger partial charge in [0.15, 0.2) is 0 Å². The monoisotopic (exact) mass is 347 g/mol. The molecule has 0 bridgehead atoms. The number of hydrogen-bond donors (Lipinski definition) is 3. The van der Waals surface area contributed by atoms with Crippen LogP contribution in [0.15, 0.2) is 36.4 Å². The zero-order valence-corrected chi connectivity index (χ0v) is 15.2. The molecule has 0 unspecified atom stereocenters. The van der Waals surface area contributed by atoms with Crippen LogP contribution in [-0.2, 0) is 13.0 Å². The van der Waals surface area contributed by atoms with Gasteiger partial charge in [0.05, 0.1) is 5.52 Å². The number of nitrogens with one attached hydrogen (secondary N) is 2. The highest BCUT2D eigenvalue weighted by Gasteiger charge is 2.14. The van der Waals surface area contributed by atoms with E-state index in [1.54, 1.807) is 0 Å². The first-order valence-electron chi connectivity index (χ1n) is 9.32. The van der Waals surface area contributed by atoms with E-state index in [0.29, 0.717) is 5.69 Å². The van der Waals surface area contributed by atoms with Gasteiger partial charge in [-0.1, -0.05) is 25.1 Å². The van der Waals surface area contributed by atoms with Gasteiger partial charge in [0.1, 0.15) is 11.5 Å². The van der Waals surface area contributed by atoms with Crippen molar-refractivity contribution in [2.75, 3.05) is 13.1 Å². The third-order valence-corrected chi connectivity index (χ3v) is 5.22. The van der Waals surface area contributed by atoms with Crippen molar-refractivity contribution in [2.24, 2.45) is 5.73 Å². The second-order valence-corrected chi connectivity index (χ2v) is 7.12. The summed E-state index contributed by atoms with van der Waals surface area (Å²) in [4.78, 5) is 2.53. The van der Waals surface area contributed by atoms with Gasteiger partial charge < -0.3 is 5.73 Å². The lowest BCUT2D eigenvalue weighted by Gasteiger charge is -2.16. The number of nitrogens with zero attached hydrogens (tertiary/aromatic N) is 2. The van der Waals surface area contributed by atoms with Gasteiger partial charge in [-0.15, -0.1) is 0 Å².